The summed E-state index contributed by atoms with van der Waals surface area (Å²) in [7, 11) is 0. The number of aromatic nitrogens is 2. The van der Waals surface area contributed by atoms with Crippen LogP contribution in [0.5, 0.6) is 0 Å². The molecule has 2 heterocycles. The number of thiophene rings is 1. The van der Waals surface area contributed by atoms with E-state index in [2.05, 4.69) is 10.3 Å². The third kappa shape index (κ3) is 4.63. The zero-order valence-corrected chi connectivity index (χ0v) is 18.4. The van der Waals surface area contributed by atoms with Gasteiger partial charge in [-0.25, -0.2) is 13.8 Å². The fourth-order valence-corrected chi connectivity index (χ4v) is 4.78. The fourth-order valence-electron chi connectivity index (χ4n) is 2.92. The van der Waals surface area contributed by atoms with Gasteiger partial charge in [0.1, 0.15) is 16.3 Å². The lowest BCUT2D eigenvalue weighted by atomic mass is 10.2. The monoisotopic (exact) mass is 477 g/mol. The standard InChI is InChI=1S/C21H14ClF2N3O2S2/c1-11-2-3-16(15(22)6-11)25-18(28)10-31-21-26-17-4-5-30-19(17)20(29)27(21)14-8-12(23)7-13(24)9-14/h2-9H,10H2,1H3,(H,25,28). The van der Waals surface area contributed by atoms with Gasteiger partial charge in [0.2, 0.25) is 5.91 Å². The molecule has 31 heavy (non-hydrogen) atoms. The van der Waals surface area contributed by atoms with Crippen LogP contribution in [0.2, 0.25) is 5.02 Å². The summed E-state index contributed by atoms with van der Waals surface area (Å²) in [6, 6.07) is 9.72. The maximum Gasteiger partial charge on any atom is 0.276 e. The van der Waals surface area contributed by atoms with Crippen LogP contribution in [0.3, 0.4) is 0 Å². The zero-order valence-electron chi connectivity index (χ0n) is 16.0. The highest BCUT2D eigenvalue weighted by molar-refractivity contribution is 7.99. The average molecular weight is 478 g/mol. The van der Waals surface area contributed by atoms with Gasteiger partial charge in [-0.1, -0.05) is 29.4 Å². The number of amides is 1. The molecule has 158 valence electrons. The van der Waals surface area contributed by atoms with Crippen LogP contribution in [0.4, 0.5) is 14.5 Å². The number of carbonyl (C=O) groups excluding carboxylic acids is 1. The molecule has 0 atom stereocenters. The number of rotatable bonds is 5. The Kier molecular flexibility index (Phi) is 6.08. The van der Waals surface area contributed by atoms with E-state index in [9.17, 15) is 18.4 Å². The number of carbonyl (C=O) groups is 1. The van der Waals surface area contributed by atoms with Crippen molar-refractivity contribution in [1.29, 1.82) is 0 Å². The van der Waals surface area contributed by atoms with Crippen LogP contribution in [-0.4, -0.2) is 21.2 Å². The smallest absolute Gasteiger partial charge is 0.276 e. The van der Waals surface area contributed by atoms with E-state index in [4.69, 9.17) is 11.6 Å². The highest BCUT2D eigenvalue weighted by atomic mass is 35.5. The molecule has 2 aromatic heterocycles. The summed E-state index contributed by atoms with van der Waals surface area (Å²) in [4.78, 5) is 29.9. The van der Waals surface area contributed by atoms with Gasteiger partial charge in [0.25, 0.3) is 5.56 Å². The van der Waals surface area contributed by atoms with E-state index in [-0.39, 0.29) is 22.5 Å². The van der Waals surface area contributed by atoms with Gasteiger partial charge in [-0.3, -0.25) is 14.2 Å². The Balaban J connectivity index is 1.66. The Hall–Kier alpha value is -2.75. The number of halogens is 3. The molecule has 10 heteroatoms. The van der Waals surface area contributed by atoms with Crippen molar-refractivity contribution in [2.45, 2.75) is 12.1 Å². The molecular weight excluding hydrogens is 464 g/mol. The number of fused-ring (bicyclic) bond motifs is 1. The zero-order chi connectivity index (χ0) is 22.1. The molecule has 0 aliphatic heterocycles. The van der Waals surface area contributed by atoms with Gasteiger partial charge in [-0.05, 0) is 48.2 Å². The lowest BCUT2D eigenvalue weighted by Crippen LogP contribution is -2.22. The van der Waals surface area contributed by atoms with Crippen LogP contribution < -0.4 is 10.9 Å². The lowest BCUT2D eigenvalue weighted by molar-refractivity contribution is -0.113. The molecule has 4 aromatic rings. The Labute approximate surface area is 188 Å². The van der Waals surface area contributed by atoms with Crippen molar-refractivity contribution in [3.05, 3.63) is 80.4 Å². The average Bonchev–Trinajstić information content (AvgIpc) is 3.17. The largest absolute Gasteiger partial charge is 0.324 e. The van der Waals surface area contributed by atoms with Crippen molar-refractivity contribution < 1.29 is 13.6 Å². The van der Waals surface area contributed by atoms with Gasteiger partial charge in [0.05, 0.1) is 27.7 Å². The fraction of sp³-hybridized carbons (Fsp3) is 0.0952. The minimum absolute atomic E-state index is 0.00483. The Bertz CT molecular complexity index is 1350. The van der Waals surface area contributed by atoms with Gasteiger partial charge in [0, 0.05) is 6.07 Å². The Morgan fingerprint density at radius 1 is 1.19 bits per heavy atom. The van der Waals surface area contributed by atoms with Gasteiger partial charge in [0.15, 0.2) is 5.16 Å². The molecule has 0 radical (unpaired) electrons. The number of hydrogen-bond acceptors (Lipinski definition) is 5. The maximum atomic E-state index is 13.8. The highest BCUT2D eigenvalue weighted by Gasteiger charge is 2.17. The summed E-state index contributed by atoms with van der Waals surface area (Å²) in [5.74, 6) is -2.11. The van der Waals surface area contributed by atoms with Crippen molar-refractivity contribution in [2.24, 2.45) is 0 Å². The van der Waals surface area contributed by atoms with E-state index in [0.717, 1.165) is 40.1 Å². The predicted molar refractivity (Wildman–Crippen MR) is 121 cm³/mol. The van der Waals surface area contributed by atoms with Crippen LogP contribution in [-0.2, 0) is 4.79 Å². The van der Waals surface area contributed by atoms with Gasteiger partial charge in [-0.2, -0.15) is 0 Å². The summed E-state index contributed by atoms with van der Waals surface area (Å²) in [6.45, 7) is 1.88. The Morgan fingerprint density at radius 2 is 1.94 bits per heavy atom. The maximum absolute atomic E-state index is 13.8. The molecule has 0 spiro atoms. The van der Waals surface area contributed by atoms with Crippen LogP contribution in [0, 0.1) is 18.6 Å². The summed E-state index contributed by atoms with van der Waals surface area (Å²) in [5, 5.41) is 4.96. The van der Waals surface area contributed by atoms with Crippen LogP contribution in [0.1, 0.15) is 5.56 Å². The normalized spacial score (nSPS) is 11.1. The SMILES string of the molecule is Cc1ccc(NC(=O)CSc2nc3ccsc3c(=O)n2-c2cc(F)cc(F)c2)c(Cl)c1. The van der Waals surface area contributed by atoms with E-state index < -0.39 is 17.2 Å². The van der Waals surface area contributed by atoms with Gasteiger partial charge in [-0.15, -0.1) is 11.3 Å². The quantitative estimate of drug-likeness (QED) is 0.308. The molecule has 0 saturated carbocycles. The second-order valence-electron chi connectivity index (χ2n) is 6.62. The molecule has 0 saturated heterocycles. The van der Waals surface area contributed by atoms with Gasteiger partial charge >= 0.3 is 0 Å². The Morgan fingerprint density at radius 3 is 2.65 bits per heavy atom. The van der Waals surface area contributed by atoms with Crippen LogP contribution >= 0.6 is 34.7 Å². The van der Waals surface area contributed by atoms with Crippen LogP contribution in [0.25, 0.3) is 15.9 Å². The van der Waals surface area contributed by atoms with Crippen molar-refractivity contribution >= 4 is 56.5 Å². The molecule has 5 nitrogen and oxygen atoms in total. The van der Waals surface area contributed by atoms with E-state index in [1.165, 1.54) is 11.3 Å². The number of aryl methyl sites for hydroxylation is 1. The molecule has 4 rings (SSSR count). The molecule has 0 fully saturated rings. The summed E-state index contributed by atoms with van der Waals surface area (Å²) in [6.07, 6.45) is 0. The molecule has 1 amide bonds. The lowest BCUT2D eigenvalue weighted by Gasteiger charge is -2.13. The van der Waals surface area contributed by atoms with Crippen LogP contribution in [0.15, 0.2) is 57.8 Å². The number of nitrogens with zero attached hydrogens (tertiary/aromatic N) is 2. The van der Waals surface area contributed by atoms with Gasteiger partial charge < -0.3 is 5.32 Å². The first kappa shape index (κ1) is 21.5. The number of anilines is 1. The minimum Gasteiger partial charge on any atom is -0.324 e. The highest BCUT2D eigenvalue weighted by Crippen LogP contribution is 2.26. The number of benzene rings is 2. The topological polar surface area (TPSA) is 64.0 Å². The molecule has 1 N–H and O–H groups in total. The first-order chi connectivity index (χ1) is 14.8. The summed E-state index contributed by atoms with van der Waals surface area (Å²) < 4.78 is 29.1. The number of nitrogens with one attached hydrogen (secondary N) is 1. The number of thioether (sulfide) groups is 1. The summed E-state index contributed by atoms with van der Waals surface area (Å²) in [5.41, 5.74) is 1.40. The molecule has 0 unspecified atom stereocenters. The van der Waals surface area contributed by atoms with E-state index >= 15 is 0 Å². The van der Waals surface area contributed by atoms with E-state index in [1.807, 2.05) is 13.0 Å². The van der Waals surface area contributed by atoms with E-state index in [1.54, 1.807) is 23.6 Å². The first-order valence-corrected chi connectivity index (χ1v) is 11.2. The van der Waals surface area contributed by atoms with Crippen molar-refractivity contribution in [1.82, 2.24) is 9.55 Å². The molecular formula is C21H14ClF2N3O2S2. The second-order valence-corrected chi connectivity index (χ2v) is 8.88. The third-order valence-electron chi connectivity index (χ3n) is 4.29. The molecule has 0 aliphatic carbocycles. The predicted octanol–water partition coefficient (Wildman–Crippen LogP) is 5.42. The molecule has 2 aromatic carbocycles. The minimum atomic E-state index is -0.823. The van der Waals surface area contributed by atoms with Crippen molar-refractivity contribution in [2.75, 3.05) is 11.1 Å². The molecule has 0 bridgehead atoms. The van der Waals surface area contributed by atoms with E-state index in [0.29, 0.717) is 20.9 Å². The molecule has 0 aliphatic rings. The third-order valence-corrected chi connectivity index (χ3v) is 6.43. The van der Waals surface area contributed by atoms with Crippen molar-refractivity contribution in [3.8, 4) is 5.69 Å². The van der Waals surface area contributed by atoms with Crippen molar-refractivity contribution in [3.63, 3.8) is 0 Å². The second kappa shape index (κ2) is 8.78. The number of hydrogen-bond donors (Lipinski definition) is 1. The first-order valence-electron chi connectivity index (χ1n) is 8.97. The summed E-state index contributed by atoms with van der Waals surface area (Å²) >= 11 is 8.31.